The van der Waals surface area contributed by atoms with E-state index < -0.39 is 5.97 Å². The molecule has 0 spiro atoms. The first-order chi connectivity index (χ1) is 11.0. The third kappa shape index (κ3) is 4.32. The molecule has 0 aliphatic heterocycles. The minimum atomic E-state index is -1.07. The van der Waals surface area contributed by atoms with Crippen LogP contribution in [-0.2, 0) is 0 Å². The third-order valence-corrected chi connectivity index (χ3v) is 3.75. The van der Waals surface area contributed by atoms with Gasteiger partial charge in [0.05, 0.1) is 23.4 Å². The van der Waals surface area contributed by atoms with Gasteiger partial charge in [-0.15, -0.1) is 0 Å². The van der Waals surface area contributed by atoms with Crippen LogP contribution in [0.15, 0.2) is 46.9 Å². The largest absolute Gasteiger partial charge is 0.491 e. The van der Waals surface area contributed by atoms with Crippen LogP contribution in [0.1, 0.15) is 34.1 Å². The number of amides is 1. The number of halogens is 1. The van der Waals surface area contributed by atoms with Gasteiger partial charge in [0.1, 0.15) is 5.75 Å². The van der Waals surface area contributed by atoms with Crippen molar-refractivity contribution in [1.82, 2.24) is 0 Å². The molecule has 23 heavy (non-hydrogen) atoms. The second kappa shape index (κ2) is 7.78. The van der Waals surface area contributed by atoms with Crippen molar-refractivity contribution in [2.75, 3.05) is 11.9 Å². The molecule has 2 aromatic carbocycles. The topological polar surface area (TPSA) is 75.6 Å². The van der Waals surface area contributed by atoms with Crippen molar-refractivity contribution in [3.05, 3.63) is 58.1 Å². The average molecular weight is 378 g/mol. The van der Waals surface area contributed by atoms with Gasteiger partial charge in [-0.05, 0) is 52.7 Å². The number of carbonyl (C=O) groups excluding carboxylic acids is 1. The van der Waals surface area contributed by atoms with E-state index in [0.717, 1.165) is 6.42 Å². The maximum Gasteiger partial charge on any atom is 0.335 e. The summed E-state index contributed by atoms with van der Waals surface area (Å²) in [6, 6.07) is 11.4. The van der Waals surface area contributed by atoms with Gasteiger partial charge in [-0.2, -0.15) is 0 Å². The highest BCUT2D eigenvalue weighted by atomic mass is 79.9. The smallest absolute Gasteiger partial charge is 0.335 e. The maximum atomic E-state index is 12.4. The number of carboxylic acids is 1. The molecule has 5 nitrogen and oxygen atoms in total. The standard InChI is InChI=1S/C17H16BrNO4/c1-2-9-23-15-8-7-11(17(21)22)10-14(15)19-16(20)12-5-3-4-6-13(12)18/h3-8,10H,2,9H2,1H3,(H,19,20)(H,21,22). The Bertz CT molecular complexity index is 730. The summed E-state index contributed by atoms with van der Waals surface area (Å²) in [6.07, 6.45) is 0.804. The normalized spacial score (nSPS) is 10.2. The van der Waals surface area contributed by atoms with E-state index in [2.05, 4.69) is 21.2 Å². The number of anilines is 1. The van der Waals surface area contributed by atoms with Gasteiger partial charge in [-0.3, -0.25) is 4.79 Å². The first kappa shape index (κ1) is 17.0. The van der Waals surface area contributed by atoms with Crippen LogP contribution in [0, 0.1) is 0 Å². The Morgan fingerprint density at radius 1 is 1.22 bits per heavy atom. The summed E-state index contributed by atoms with van der Waals surface area (Å²) >= 11 is 3.32. The van der Waals surface area contributed by atoms with E-state index in [9.17, 15) is 9.59 Å². The Morgan fingerprint density at radius 3 is 2.61 bits per heavy atom. The average Bonchev–Trinajstić information content (AvgIpc) is 2.53. The van der Waals surface area contributed by atoms with E-state index in [-0.39, 0.29) is 11.5 Å². The molecule has 0 saturated carbocycles. The van der Waals surface area contributed by atoms with Crippen molar-refractivity contribution in [3.63, 3.8) is 0 Å². The Hall–Kier alpha value is -2.34. The van der Waals surface area contributed by atoms with Gasteiger partial charge in [0.25, 0.3) is 5.91 Å². The molecule has 6 heteroatoms. The lowest BCUT2D eigenvalue weighted by molar-refractivity contribution is 0.0696. The zero-order valence-corrected chi connectivity index (χ0v) is 14.1. The van der Waals surface area contributed by atoms with Crippen LogP contribution < -0.4 is 10.1 Å². The van der Waals surface area contributed by atoms with Gasteiger partial charge < -0.3 is 15.2 Å². The molecule has 0 bridgehead atoms. The highest BCUT2D eigenvalue weighted by Gasteiger charge is 2.15. The van der Waals surface area contributed by atoms with Gasteiger partial charge in [-0.1, -0.05) is 19.1 Å². The number of carbonyl (C=O) groups is 2. The molecular weight excluding hydrogens is 362 g/mol. The number of ether oxygens (including phenoxy) is 1. The third-order valence-electron chi connectivity index (χ3n) is 3.05. The van der Waals surface area contributed by atoms with E-state index in [1.54, 1.807) is 24.3 Å². The molecule has 120 valence electrons. The molecule has 0 atom stereocenters. The van der Waals surface area contributed by atoms with Crippen molar-refractivity contribution in [2.45, 2.75) is 13.3 Å². The minimum Gasteiger partial charge on any atom is -0.491 e. The fraction of sp³-hybridized carbons (Fsp3) is 0.176. The number of rotatable bonds is 6. The van der Waals surface area contributed by atoms with Crippen molar-refractivity contribution in [2.24, 2.45) is 0 Å². The Balaban J connectivity index is 2.32. The Morgan fingerprint density at radius 2 is 1.96 bits per heavy atom. The van der Waals surface area contributed by atoms with E-state index in [1.165, 1.54) is 12.1 Å². The van der Waals surface area contributed by atoms with E-state index in [1.807, 2.05) is 13.0 Å². The number of aromatic carboxylic acids is 1. The molecule has 0 unspecified atom stereocenters. The molecule has 0 fully saturated rings. The minimum absolute atomic E-state index is 0.0799. The zero-order valence-electron chi connectivity index (χ0n) is 12.5. The van der Waals surface area contributed by atoms with Crippen LogP contribution in [0.4, 0.5) is 5.69 Å². The van der Waals surface area contributed by atoms with Crippen molar-refractivity contribution < 1.29 is 19.4 Å². The van der Waals surface area contributed by atoms with Gasteiger partial charge in [0, 0.05) is 4.47 Å². The van der Waals surface area contributed by atoms with Crippen LogP contribution >= 0.6 is 15.9 Å². The van der Waals surface area contributed by atoms with Crippen molar-refractivity contribution in [3.8, 4) is 5.75 Å². The second-order valence-corrected chi connectivity index (χ2v) is 5.65. The summed E-state index contributed by atoms with van der Waals surface area (Å²) < 4.78 is 6.22. The molecule has 2 N–H and O–H groups in total. The van der Waals surface area contributed by atoms with Crippen LogP contribution in [0.5, 0.6) is 5.75 Å². The summed E-state index contributed by atoms with van der Waals surface area (Å²) in [5.41, 5.74) is 0.866. The molecule has 0 aliphatic rings. The van der Waals surface area contributed by atoms with Crippen molar-refractivity contribution in [1.29, 1.82) is 0 Å². The lowest BCUT2D eigenvalue weighted by Crippen LogP contribution is -2.14. The molecule has 2 rings (SSSR count). The molecule has 0 aromatic heterocycles. The predicted molar refractivity (Wildman–Crippen MR) is 91.3 cm³/mol. The molecular formula is C17H16BrNO4. The van der Waals surface area contributed by atoms with Crippen LogP contribution in [0.3, 0.4) is 0 Å². The lowest BCUT2D eigenvalue weighted by Gasteiger charge is -2.13. The fourth-order valence-corrected chi connectivity index (χ4v) is 2.40. The number of hydrogen-bond donors (Lipinski definition) is 2. The number of hydrogen-bond acceptors (Lipinski definition) is 3. The van der Waals surface area contributed by atoms with E-state index in [4.69, 9.17) is 9.84 Å². The molecule has 0 saturated heterocycles. The van der Waals surface area contributed by atoms with Gasteiger partial charge in [0.15, 0.2) is 0 Å². The fourth-order valence-electron chi connectivity index (χ4n) is 1.93. The van der Waals surface area contributed by atoms with E-state index in [0.29, 0.717) is 28.1 Å². The summed E-state index contributed by atoms with van der Waals surface area (Å²) in [4.78, 5) is 23.5. The second-order valence-electron chi connectivity index (χ2n) is 4.80. The Labute approximate surface area is 142 Å². The molecule has 1 amide bonds. The summed E-state index contributed by atoms with van der Waals surface area (Å²) in [6.45, 7) is 2.44. The van der Waals surface area contributed by atoms with Gasteiger partial charge in [-0.25, -0.2) is 4.79 Å². The van der Waals surface area contributed by atoms with Crippen LogP contribution in [-0.4, -0.2) is 23.6 Å². The number of benzene rings is 2. The predicted octanol–water partition coefficient (Wildman–Crippen LogP) is 4.19. The summed E-state index contributed by atoms with van der Waals surface area (Å²) in [5.74, 6) is -0.970. The van der Waals surface area contributed by atoms with Gasteiger partial charge in [0.2, 0.25) is 0 Å². The summed E-state index contributed by atoms with van der Waals surface area (Å²) in [7, 11) is 0. The summed E-state index contributed by atoms with van der Waals surface area (Å²) in [5, 5.41) is 11.8. The van der Waals surface area contributed by atoms with Crippen LogP contribution in [0.2, 0.25) is 0 Å². The number of carboxylic acid groups (broad SMARTS) is 1. The van der Waals surface area contributed by atoms with Gasteiger partial charge >= 0.3 is 5.97 Å². The molecule has 0 heterocycles. The lowest BCUT2D eigenvalue weighted by atomic mass is 10.1. The SMILES string of the molecule is CCCOc1ccc(C(=O)O)cc1NC(=O)c1ccccc1Br. The Kier molecular flexibility index (Phi) is 5.76. The van der Waals surface area contributed by atoms with Crippen LogP contribution in [0.25, 0.3) is 0 Å². The highest BCUT2D eigenvalue weighted by Crippen LogP contribution is 2.27. The zero-order chi connectivity index (χ0) is 16.8. The van der Waals surface area contributed by atoms with Crippen molar-refractivity contribution >= 4 is 33.5 Å². The number of nitrogens with one attached hydrogen (secondary N) is 1. The first-order valence-corrected chi connectivity index (χ1v) is 7.88. The maximum absolute atomic E-state index is 12.4. The molecule has 0 aliphatic carbocycles. The quantitative estimate of drug-likeness (QED) is 0.791. The molecule has 2 aromatic rings. The highest BCUT2D eigenvalue weighted by molar-refractivity contribution is 9.10. The van der Waals surface area contributed by atoms with E-state index >= 15 is 0 Å². The first-order valence-electron chi connectivity index (χ1n) is 7.09. The monoisotopic (exact) mass is 377 g/mol. The molecule has 0 radical (unpaired) electrons.